The quantitative estimate of drug-likeness (QED) is 0.876. The SMILES string of the molecule is O=C(NCCO)C1CC(=O)N(c2cccc(C(F)(F)F)c2)C1. The fourth-order valence-corrected chi connectivity index (χ4v) is 2.31. The summed E-state index contributed by atoms with van der Waals surface area (Å²) in [7, 11) is 0. The summed E-state index contributed by atoms with van der Waals surface area (Å²) in [5.41, 5.74) is -0.719. The van der Waals surface area contributed by atoms with Crippen LogP contribution in [0.3, 0.4) is 0 Å². The number of alkyl halides is 3. The van der Waals surface area contributed by atoms with Crippen molar-refractivity contribution in [2.75, 3.05) is 24.6 Å². The van der Waals surface area contributed by atoms with Gasteiger partial charge in [-0.3, -0.25) is 9.59 Å². The maximum atomic E-state index is 12.7. The van der Waals surface area contributed by atoms with Gasteiger partial charge in [-0.1, -0.05) is 6.07 Å². The Morgan fingerprint density at radius 3 is 2.77 bits per heavy atom. The lowest BCUT2D eigenvalue weighted by molar-refractivity contribution is -0.137. The van der Waals surface area contributed by atoms with Crippen molar-refractivity contribution in [2.24, 2.45) is 5.92 Å². The van der Waals surface area contributed by atoms with Crippen LogP contribution in [0.15, 0.2) is 24.3 Å². The summed E-state index contributed by atoms with van der Waals surface area (Å²) in [6.07, 6.45) is -4.55. The number of nitrogens with one attached hydrogen (secondary N) is 1. The van der Waals surface area contributed by atoms with E-state index in [1.807, 2.05) is 0 Å². The van der Waals surface area contributed by atoms with E-state index < -0.39 is 29.5 Å². The van der Waals surface area contributed by atoms with Gasteiger partial charge < -0.3 is 15.3 Å². The lowest BCUT2D eigenvalue weighted by Crippen LogP contribution is -2.34. The van der Waals surface area contributed by atoms with Crippen LogP contribution >= 0.6 is 0 Å². The molecule has 1 aromatic carbocycles. The highest BCUT2D eigenvalue weighted by Gasteiger charge is 2.36. The fourth-order valence-electron chi connectivity index (χ4n) is 2.31. The molecule has 0 bridgehead atoms. The van der Waals surface area contributed by atoms with Crippen LogP contribution in [-0.2, 0) is 15.8 Å². The number of benzene rings is 1. The van der Waals surface area contributed by atoms with Gasteiger partial charge >= 0.3 is 6.18 Å². The molecule has 1 aliphatic rings. The highest BCUT2D eigenvalue weighted by molar-refractivity contribution is 6.00. The minimum absolute atomic E-state index is 0.0252. The van der Waals surface area contributed by atoms with Gasteiger partial charge in [0.15, 0.2) is 0 Å². The molecule has 1 aliphatic heterocycles. The molecule has 1 unspecified atom stereocenters. The Hall–Kier alpha value is -2.09. The zero-order valence-electron chi connectivity index (χ0n) is 11.6. The molecule has 1 fully saturated rings. The zero-order chi connectivity index (χ0) is 16.3. The Kier molecular flexibility index (Phi) is 4.70. The number of aliphatic hydroxyl groups is 1. The van der Waals surface area contributed by atoms with Crippen LogP contribution in [-0.4, -0.2) is 36.6 Å². The van der Waals surface area contributed by atoms with Crippen LogP contribution in [0.5, 0.6) is 0 Å². The molecule has 120 valence electrons. The molecule has 0 spiro atoms. The third kappa shape index (κ3) is 3.56. The molecule has 1 aromatic rings. The average Bonchev–Trinajstić information content (AvgIpc) is 2.86. The van der Waals surface area contributed by atoms with Gasteiger partial charge in [-0.2, -0.15) is 13.2 Å². The summed E-state index contributed by atoms with van der Waals surface area (Å²) in [4.78, 5) is 24.9. The van der Waals surface area contributed by atoms with Gasteiger partial charge in [-0.25, -0.2) is 0 Å². The van der Waals surface area contributed by atoms with Gasteiger partial charge in [-0.15, -0.1) is 0 Å². The summed E-state index contributed by atoms with van der Waals surface area (Å²) in [6, 6.07) is 4.45. The van der Waals surface area contributed by atoms with E-state index in [2.05, 4.69) is 5.32 Å². The van der Waals surface area contributed by atoms with Crippen molar-refractivity contribution in [3.63, 3.8) is 0 Å². The maximum Gasteiger partial charge on any atom is 0.416 e. The second-order valence-corrected chi connectivity index (χ2v) is 4.97. The number of rotatable bonds is 4. The molecule has 5 nitrogen and oxygen atoms in total. The molecule has 8 heteroatoms. The first-order valence-electron chi connectivity index (χ1n) is 6.69. The molecule has 2 N–H and O–H groups in total. The van der Waals surface area contributed by atoms with Crippen LogP contribution in [0, 0.1) is 5.92 Å². The van der Waals surface area contributed by atoms with Gasteiger partial charge in [-0.05, 0) is 18.2 Å². The molecule has 0 aliphatic carbocycles. The number of aliphatic hydroxyl groups excluding tert-OH is 1. The molecule has 22 heavy (non-hydrogen) atoms. The number of carbonyl (C=O) groups excluding carboxylic acids is 2. The first-order chi connectivity index (χ1) is 10.3. The van der Waals surface area contributed by atoms with E-state index in [-0.39, 0.29) is 31.8 Å². The monoisotopic (exact) mass is 316 g/mol. The summed E-state index contributed by atoms with van der Waals surface area (Å²) < 4.78 is 38.1. The number of amides is 2. The summed E-state index contributed by atoms with van der Waals surface area (Å²) in [5.74, 6) is -1.42. The van der Waals surface area contributed by atoms with Crippen molar-refractivity contribution >= 4 is 17.5 Å². The van der Waals surface area contributed by atoms with Gasteiger partial charge in [0.25, 0.3) is 0 Å². The number of halogens is 3. The zero-order valence-corrected chi connectivity index (χ0v) is 11.6. The van der Waals surface area contributed by atoms with Crippen LogP contribution in [0.4, 0.5) is 18.9 Å². The molecule has 0 radical (unpaired) electrons. The molecule has 2 rings (SSSR count). The molecule has 2 amide bonds. The van der Waals surface area contributed by atoms with Crippen molar-refractivity contribution in [3.05, 3.63) is 29.8 Å². The molecule has 0 saturated carbocycles. The predicted octanol–water partition coefficient (Wildman–Crippen LogP) is 1.17. The maximum absolute atomic E-state index is 12.7. The van der Waals surface area contributed by atoms with Crippen LogP contribution in [0.25, 0.3) is 0 Å². The predicted molar refractivity (Wildman–Crippen MR) is 72.0 cm³/mol. The molecular weight excluding hydrogens is 301 g/mol. The normalized spacial score (nSPS) is 18.6. The number of anilines is 1. The van der Waals surface area contributed by atoms with E-state index in [1.54, 1.807) is 0 Å². The Labute approximate surface area is 124 Å². The smallest absolute Gasteiger partial charge is 0.395 e. The molecule has 1 atom stereocenters. The third-order valence-electron chi connectivity index (χ3n) is 3.39. The second kappa shape index (κ2) is 6.35. The number of hydrogen-bond donors (Lipinski definition) is 2. The van der Waals surface area contributed by atoms with E-state index in [9.17, 15) is 22.8 Å². The van der Waals surface area contributed by atoms with E-state index in [0.29, 0.717) is 0 Å². The van der Waals surface area contributed by atoms with E-state index >= 15 is 0 Å². The summed E-state index contributed by atoms with van der Waals surface area (Å²) in [6.45, 7) is -0.117. The molecule has 0 aromatic heterocycles. The van der Waals surface area contributed by atoms with E-state index in [0.717, 1.165) is 12.1 Å². The number of carbonyl (C=O) groups is 2. The van der Waals surface area contributed by atoms with Crippen LogP contribution < -0.4 is 10.2 Å². The van der Waals surface area contributed by atoms with Crippen molar-refractivity contribution in [1.82, 2.24) is 5.32 Å². The summed E-state index contributed by atoms with van der Waals surface area (Å²) >= 11 is 0. The lowest BCUT2D eigenvalue weighted by Gasteiger charge is -2.18. The highest BCUT2D eigenvalue weighted by atomic mass is 19.4. The second-order valence-electron chi connectivity index (χ2n) is 4.97. The molecule has 1 heterocycles. The van der Waals surface area contributed by atoms with Gasteiger partial charge in [0.2, 0.25) is 11.8 Å². The van der Waals surface area contributed by atoms with Crippen molar-refractivity contribution in [2.45, 2.75) is 12.6 Å². The average molecular weight is 316 g/mol. The lowest BCUT2D eigenvalue weighted by atomic mass is 10.1. The Balaban J connectivity index is 2.13. The largest absolute Gasteiger partial charge is 0.416 e. The fraction of sp³-hybridized carbons (Fsp3) is 0.429. The Bertz CT molecular complexity index is 575. The highest BCUT2D eigenvalue weighted by Crippen LogP contribution is 2.33. The van der Waals surface area contributed by atoms with E-state index in [4.69, 9.17) is 5.11 Å². The van der Waals surface area contributed by atoms with Crippen molar-refractivity contribution in [1.29, 1.82) is 0 Å². The van der Waals surface area contributed by atoms with Gasteiger partial charge in [0.05, 0.1) is 18.1 Å². The summed E-state index contributed by atoms with van der Waals surface area (Å²) in [5, 5.41) is 11.1. The third-order valence-corrected chi connectivity index (χ3v) is 3.39. The first kappa shape index (κ1) is 16.3. The topological polar surface area (TPSA) is 69.6 Å². The molecular formula is C14H15F3N2O3. The van der Waals surface area contributed by atoms with E-state index in [1.165, 1.54) is 17.0 Å². The van der Waals surface area contributed by atoms with Gasteiger partial charge in [0, 0.05) is 25.2 Å². The number of hydrogen-bond acceptors (Lipinski definition) is 3. The van der Waals surface area contributed by atoms with Crippen molar-refractivity contribution < 1.29 is 27.9 Å². The standard InChI is InChI=1S/C14H15F3N2O3/c15-14(16,17)10-2-1-3-11(7-10)19-8-9(6-12(19)21)13(22)18-4-5-20/h1-3,7,9,20H,4-6,8H2,(H,18,22). The van der Waals surface area contributed by atoms with Crippen LogP contribution in [0.1, 0.15) is 12.0 Å². The minimum Gasteiger partial charge on any atom is -0.395 e. The minimum atomic E-state index is -4.49. The Morgan fingerprint density at radius 1 is 1.41 bits per heavy atom. The molecule has 1 saturated heterocycles. The van der Waals surface area contributed by atoms with Gasteiger partial charge in [0.1, 0.15) is 0 Å². The van der Waals surface area contributed by atoms with Crippen molar-refractivity contribution in [3.8, 4) is 0 Å². The first-order valence-corrected chi connectivity index (χ1v) is 6.69. The number of nitrogens with zero attached hydrogens (tertiary/aromatic N) is 1. The van der Waals surface area contributed by atoms with Crippen LogP contribution in [0.2, 0.25) is 0 Å². The Morgan fingerprint density at radius 2 is 2.14 bits per heavy atom.